The lowest BCUT2D eigenvalue weighted by molar-refractivity contribution is 0.106. The first-order valence-corrected chi connectivity index (χ1v) is 2.66. The van der Waals surface area contributed by atoms with Crippen LogP contribution in [0.3, 0.4) is 0 Å². The Balaban J connectivity index is 3.97. The molecule has 1 heteroatoms. The first-order chi connectivity index (χ1) is 3.50. The summed E-state index contributed by atoms with van der Waals surface area (Å²) in [6.45, 7) is 5.36. The third-order valence-electron chi connectivity index (χ3n) is 1.42. The topological polar surface area (TPSA) is 20.2 Å². The molecule has 0 aromatic heterocycles. The van der Waals surface area contributed by atoms with Crippen molar-refractivity contribution in [1.82, 2.24) is 0 Å². The summed E-state index contributed by atoms with van der Waals surface area (Å²) in [4.78, 5) is 0. The van der Waals surface area contributed by atoms with Gasteiger partial charge in [0.25, 0.3) is 0 Å². The van der Waals surface area contributed by atoms with E-state index in [1.807, 2.05) is 13.8 Å². The Bertz CT molecular complexity index is 106. The molecule has 0 spiro atoms. The van der Waals surface area contributed by atoms with Gasteiger partial charge in [-0.2, -0.15) is 0 Å². The van der Waals surface area contributed by atoms with E-state index in [1.165, 1.54) is 0 Å². The summed E-state index contributed by atoms with van der Waals surface area (Å²) >= 11 is 0. The molecule has 0 saturated carbocycles. The summed E-state index contributed by atoms with van der Waals surface area (Å²) in [5.74, 6) is 2.49. The van der Waals surface area contributed by atoms with Crippen molar-refractivity contribution < 1.29 is 5.11 Å². The number of hydrogen-bond acceptors (Lipinski definition) is 1. The Hall–Kier alpha value is -0.480. The molecule has 0 radical (unpaired) electrons. The quantitative estimate of drug-likeness (QED) is 0.502. The second kappa shape index (κ2) is 2.19. The van der Waals surface area contributed by atoms with Gasteiger partial charge in [0.2, 0.25) is 0 Å². The summed E-state index contributed by atoms with van der Waals surface area (Å²) in [5.41, 5.74) is -0.375. The summed E-state index contributed by atoms with van der Waals surface area (Å²) < 4.78 is 0. The maximum absolute atomic E-state index is 8.94. The summed E-state index contributed by atoms with van der Waals surface area (Å²) in [6, 6.07) is 0. The van der Waals surface area contributed by atoms with E-state index in [4.69, 9.17) is 11.5 Å². The van der Waals surface area contributed by atoms with Crippen LogP contribution in [0, 0.1) is 17.8 Å². The fourth-order valence-corrected chi connectivity index (χ4v) is 0.121. The van der Waals surface area contributed by atoms with Gasteiger partial charge in [0.1, 0.15) is 0 Å². The first kappa shape index (κ1) is 7.52. The van der Waals surface area contributed by atoms with E-state index in [0.29, 0.717) is 0 Å². The maximum atomic E-state index is 8.94. The lowest BCUT2D eigenvalue weighted by Gasteiger charge is -2.20. The van der Waals surface area contributed by atoms with Crippen LogP contribution in [0.4, 0.5) is 0 Å². The molecular formula is C7H12O. The molecule has 0 saturated heterocycles. The summed E-state index contributed by atoms with van der Waals surface area (Å²) in [6.07, 6.45) is 4.67. The molecule has 1 nitrogen and oxygen atoms in total. The minimum Gasteiger partial charge on any atom is -0.392 e. The fourth-order valence-electron chi connectivity index (χ4n) is 0.121. The van der Waals surface area contributed by atoms with Crippen molar-refractivity contribution >= 4 is 0 Å². The van der Waals surface area contributed by atoms with Crippen molar-refractivity contribution in [1.29, 1.82) is 0 Å². The first-order valence-electron chi connectivity index (χ1n) is 2.66. The zero-order valence-corrected chi connectivity index (χ0v) is 5.60. The Morgan fingerprint density at radius 2 is 2.00 bits per heavy atom. The van der Waals surface area contributed by atoms with Gasteiger partial charge in [-0.05, 0) is 20.8 Å². The van der Waals surface area contributed by atoms with E-state index in [2.05, 4.69) is 5.92 Å². The van der Waals surface area contributed by atoms with Crippen molar-refractivity contribution in [3.63, 3.8) is 0 Å². The monoisotopic (exact) mass is 112 g/mol. The molecule has 0 aliphatic heterocycles. The largest absolute Gasteiger partial charge is 0.392 e. The van der Waals surface area contributed by atoms with E-state index in [0.717, 1.165) is 0 Å². The van der Waals surface area contributed by atoms with Gasteiger partial charge in [-0.3, -0.25) is 0 Å². The Kier molecular flexibility index (Phi) is 2.06. The normalized spacial score (nSPS) is 14.9. The van der Waals surface area contributed by atoms with Gasteiger partial charge in [-0.25, -0.2) is 0 Å². The number of terminal acetylenes is 1. The van der Waals surface area contributed by atoms with E-state index in [1.54, 1.807) is 6.92 Å². The molecule has 1 N–H and O–H groups in total. The average Bonchev–Trinajstić information content (AvgIpc) is 1.67. The predicted octanol–water partition coefficient (Wildman–Crippen LogP) is 1.03. The zero-order valence-electron chi connectivity index (χ0n) is 5.60. The van der Waals surface area contributed by atoms with Gasteiger partial charge in [0.15, 0.2) is 0 Å². The third kappa shape index (κ3) is 1.55. The highest BCUT2D eigenvalue weighted by molar-refractivity contribution is 5.02. The Morgan fingerprint density at radius 1 is 1.62 bits per heavy atom. The minimum absolute atomic E-state index is 0.375. The van der Waals surface area contributed by atoms with E-state index < -0.39 is 6.10 Å². The van der Waals surface area contributed by atoms with Crippen molar-refractivity contribution in [3.8, 4) is 12.3 Å². The van der Waals surface area contributed by atoms with Gasteiger partial charge >= 0.3 is 0 Å². The Morgan fingerprint density at radius 3 is 2.00 bits per heavy atom. The molecule has 0 heterocycles. The SMILES string of the molecule is C#CC(C)(C)C(C)O. The molecule has 0 aliphatic rings. The van der Waals surface area contributed by atoms with Crippen LogP contribution < -0.4 is 0 Å². The van der Waals surface area contributed by atoms with Gasteiger partial charge < -0.3 is 5.11 Å². The van der Waals surface area contributed by atoms with Gasteiger partial charge in [0, 0.05) is 0 Å². The molecule has 0 fully saturated rings. The molecule has 0 amide bonds. The number of rotatable bonds is 1. The molecule has 0 aromatic rings. The number of aliphatic hydroxyl groups excluding tert-OH is 1. The van der Waals surface area contributed by atoms with Gasteiger partial charge in [-0.1, -0.05) is 5.92 Å². The van der Waals surface area contributed by atoms with E-state index >= 15 is 0 Å². The third-order valence-corrected chi connectivity index (χ3v) is 1.42. The Labute approximate surface area is 50.7 Å². The summed E-state index contributed by atoms with van der Waals surface area (Å²) in [5, 5.41) is 8.94. The molecule has 0 aliphatic carbocycles. The number of aliphatic hydroxyl groups is 1. The predicted molar refractivity (Wildman–Crippen MR) is 34.3 cm³/mol. The van der Waals surface area contributed by atoms with Crippen LogP contribution in [0.25, 0.3) is 0 Å². The van der Waals surface area contributed by atoms with Crippen LogP contribution in [0.5, 0.6) is 0 Å². The van der Waals surface area contributed by atoms with Gasteiger partial charge in [0.05, 0.1) is 11.5 Å². The van der Waals surface area contributed by atoms with Crippen molar-refractivity contribution in [2.75, 3.05) is 0 Å². The second-order valence-corrected chi connectivity index (χ2v) is 2.54. The number of hydrogen-bond donors (Lipinski definition) is 1. The van der Waals surface area contributed by atoms with Crippen molar-refractivity contribution in [2.45, 2.75) is 26.9 Å². The van der Waals surface area contributed by atoms with Crippen LogP contribution in [0.15, 0.2) is 0 Å². The molecular weight excluding hydrogens is 100 g/mol. The van der Waals surface area contributed by atoms with E-state index in [9.17, 15) is 0 Å². The summed E-state index contributed by atoms with van der Waals surface area (Å²) in [7, 11) is 0. The highest BCUT2D eigenvalue weighted by Crippen LogP contribution is 2.17. The molecule has 1 unspecified atom stereocenters. The lowest BCUT2D eigenvalue weighted by Crippen LogP contribution is -2.23. The highest BCUT2D eigenvalue weighted by atomic mass is 16.3. The van der Waals surface area contributed by atoms with E-state index in [-0.39, 0.29) is 5.41 Å². The maximum Gasteiger partial charge on any atom is 0.0672 e. The van der Waals surface area contributed by atoms with Crippen LogP contribution in [0.2, 0.25) is 0 Å². The highest BCUT2D eigenvalue weighted by Gasteiger charge is 2.19. The van der Waals surface area contributed by atoms with Crippen molar-refractivity contribution in [2.24, 2.45) is 5.41 Å². The fraction of sp³-hybridized carbons (Fsp3) is 0.714. The van der Waals surface area contributed by atoms with Crippen molar-refractivity contribution in [3.05, 3.63) is 0 Å². The minimum atomic E-state index is -0.424. The smallest absolute Gasteiger partial charge is 0.0672 e. The van der Waals surface area contributed by atoms with Crippen LogP contribution in [-0.2, 0) is 0 Å². The van der Waals surface area contributed by atoms with Crippen LogP contribution in [0.1, 0.15) is 20.8 Å². The molecule has 8 heavy (non-hydrogen) atoms. The van der Waals surface area contributed by atoms with Crippen LogP contribution >= 0.6 is 0 Å². The zero-order chi connectivity index (χ0) is 6.78. The average molecular weight is 112 g/mol. The molecule has 46 valence electrons. The van der Waals surface area contributed by atoms with Gasteiger partial charge in [-0.15, -0.1) is 6.42 Å². The molecule has 0 aromatic carbocycles. The molecule has 0 bridgehead atoms. The standard InChI is InChI=1S/C7H12O/c1-5-7(3,4)6(2)8/h1,6,8H,2-4H3. The lowest BCUT2D eigenvalue weighted by atomic mass is 9.89. The van der Waals surface area contributed by atoms with Crippen LogP contribution in [-0.4, -0.2) is 11.2 Å². The second-order valence-electron chi connectivity index (χ2n) is 2.54. The molecule has 1 atom stereocenters. The molecule has 0 rings (SSSR count).